The van der Waals surface area contributed by atoms with Crippen molar-refractivity contribution in [1.82, 2.24) is 0 Å². The molecule has 114 valence electrons. The number of phenolic OH excluding ortho intramolecular Hbond substituents is 2. The summed E-state index contributed by atoms with van der Waals surface area (Å²) < 4.78 is 1.77. The molecular formula is C16H14Br2N2O2. The monoisotopic (exact) mass is 424 g/mol. The number of halogens is 2. The predicted octanol–water partition coefficient (Wildman–Crippen LogP) is 4.16. The third-order valence-corrected chi connectivity index (χ3v) is 3.78. The maximum Gasteiger partial charge on any atom is 0.124 e. The van der Waals surface area contributed by atoms with Crippen LogP contribution in [0.4, 0.5) is 0 Å². The van der Waals surface area contributed by atoms with Crippen LogP contribution in [0.5, 0.6) is 11.5 Å². The molecule has 2 N–H and O–H groups in total. The minimum atomic E-state index is 0.189. The zero-order valence-corrected chi connectivity index (χ0v) is 14.7. The second-order valence-corrected chi connectivity index (χ2v) is 6.31. The Kier molecular flexibility index (Phi) is 6.15. The van der Waals surface area contributed by atoms with Crippen molar-refractivity contribution in [1.29, 1.82) is 0 Å². The smallest absolute Gasteiger partial charge is 0.124 e. The fourth-order valence-corrected chi connectivity index (χ4v) is 2.46. The number of aliphatic imine (C=N–C) groups is 2. The van der Waals surface area contributed by atoms with Crippen LogP contribution in [-0.4, -0.2) is 35.7 Å². The molecule has 2 aromatic rings. The summed E-state index contributed by atoms with van der Waals surface area (Å²) in [7, 11) is 0. The largest absolute Gasteiger partial charge is 0.507 e. The van der Waals surface area contributed by atoms with Crippen molar-refractivity contribution in [2.45, 2.75) is 0 Å². The van der Waals surface area contributed by atoms with Crippen LogP contribution in [0.3, 0.4) is 0 Å². The summed E-state index contributed by atoms with van der Waals surface area (Å²) in [5, 5.41) is 19.3. The minimum absolute atomic E-state index is 0.189. The molecule has 0 aromatic heterocycles. The van der Waals surface area contributed by atoms with Gasteiger partial charge in [-0.05, 0) is 36.4 Å². The van der Waals surface area contributed by atoms with E-state index in [1.54, 1.807) is 48.8 Å². The molecule has 0 aliphatic carbocycles. The van der Waals surface area contributed by atoms with E-state index < -0.39 is 0 Å². The quantitative estimate of drug-likeness (QED) is 0.557. The molecule has 0 saturated heterocycles. The number of hydrogen-bond donors (Lipinski definition) is 2. The Morgan fingerprint density at radius 2 is 1.18 bits per heavy atom. The molecule has 0 unspecified atom stereocenters. The molecule has 0 atom stereocenters. The highest BCUT2D eigenvalue weighted by molar-refractivity contribution is 9.10. The first-order valence-corrected chi connectivity index (χ1v) is 8.11. The summed E-state index contributed by atoms with van der Waals surface area (Å²) in [4.78, 5) is 8.45. The Morgan fingerprint density at radius 1 is 0.773 bits per heavy atom. The standard InChI is InChI=1S/C16H14Br2N2O2/c17-13-1-3-15(21)11(7-13)9-19-5-6-20-10-12-8-14(18)2-4-16(12)22/h1-4,7-10,21-22H,5-6H2/b19-9+,20-10+. The van der Waals surface area contributed by atoms with Gasteiger partial charge in [0.1, 0.15) is 11.5 Å². The molecule has 2 aromatic carbocycles. The van der Waals surface area contributed by atoms with E-state index in [0.717, 1.165) is 8.95 Å². The molecule has 22 heavy (non-hydrogen) atoms. The van der Waals surface area contributed by atoms with Gasteiger partial charge < -0.3 is 10.2 Å². The van der Waals surface area contributed by atoms with Crippen molar-refractivity contribution in [3.05, 3.63) is 56.5 Å². The first kappa shape index (κ1) is 16.7. The lowest BCUT2D eigenvalue weighted by Gasteiger charge is -1.99. The van der Waals surface area contributed by atoms with Crippen LogP contribution in [0, 0.1) is 0 Å². The first-order chi connectivity index (χ1) is 10.6. The molecule has 0 spiro atoms. The van der Waals surface area contributed by atoms with Gasteiger partial charge in [0.05, 0.1) is 13.1 Å². The normalized spacial score (nSPS) is 11.5. The molecule has 0 saturated carbocycles. The summed E-state index contributed by atoms with van der Waals surface area (Å²) in [6.45, 7) is 0.994. The number of rotatable bonds is 5. The van der Waals surface area contributed by atoms with Crippen molar-refractivity contribution in [2.75, 3.05) is 13.1 Å². The Balaban J connectivity index is 1.89. The SMILES string of the molecule is Oc1ccc(Br)cc1/C=N/CC/N=C/c1cc(Br)ccc1O. The molecule has 0 aliphatic rings. The van der Waals surface area contributed by atoms with E-state index >= 15 is 0 Å². The number of benzene rings is 2. The van der Waals surface area contributed by atoms with Gasteiger partial charge in [-0.3, -0.25) is 9.98 Å². The minimum Gasteiger partial charge on any atom is -0.507 e. The topological polar surface area (TPSA) is 65.2 Å². The van der Waals surface area contributed by atoms with E-state index in [1.807, 2.05) is 0 Å². The summed E-state index contributed by atoms with van der Waals surface area (Å²) in [6.07, 6.45) is 3.23. The molecule has 4 nitrogen and oxygen atoms in total. The summed E-state index contributed by atoms with van der Waals surface area (Å²) in [6, 6.07) is 10.3. The van der Waals surface area contributed by atoms with E-state index in [2.05, 4.69) is 41.8 Å². The highest BCUT2D eigenvalue weighted by Gasteiger charge is 1.99. The van der Waals surface area contributed by atoms with Gasteiger partial charge >= 0.3 is 0 Å². The van der Waals surface area contributed by atoms with Crippen LogP contribution in [0.2, 0.25) is 0 Å². The van der Waals surface area contributed by atoms with Gasteiger partial charge in [0.25, 0.3) is 0 Å². The zero-order chi connectivity index (χ0) is 15.9. The van der Waals surface area contributed by atoms with Crippen molar-refractivity contribution in [3.8, 4) is 11.5 Å². The van der Waals surface area contributed by atoms with Gasteiger partial charge in [0, 0.05) is 32.5 Å². The first-order valence-electron chi connectivity index (χ1n) is 6.53. The fraction of sp³-hybridized carbons (Fsp3) is 0.125. The molecule has 0 radical (unpaired) electrons. The number of nitrogens with zero attached hydrogens (tertiary/aromatic N) is 2. The predicted molar refractivity (Wildman–Crippen MR) is 96.5 cm³/mol. The lowest BCUT2D eigenvalue weighted by atomic mass is 10.2. The molecule has 0 heterocycles. The van der Waals surface area contributed by atoms with Crippen LogP contribution in [-0.2, 0) is 0 Å². The molecule has 0 bridgehead atoms. The van der Waals surface area contributed by atoms with Crippen molar-refractivity contribution >= 4 is 44.3 Å². The fourth-order valence-electron chi connectivity index (χ4n) is 1.70. The summed E-state index contributed by atoms with van der Waals surface area (Å²) >= 11 is 6.69. The van der Waals surface area contributed by atoms with E-state index in [1.165, 1.54) is 0 Å². The van der Waals surface area contributed by atoms with E-state index in [-0.39, 0.29) is 11.5 Å². The van der Waals surface area contributed by atoms with Gasteiger partial charge in [-0.25, -0.2) is 0 Å². The molecule has 0 amide bonds. The Hall–Kier alpha value is -1.66. The average molecular weight is 426 g/mol. The molecule has 0 aliphatic heterocycles. The van der Waals surface area contributed by atoms with Crippen LogP contribution in [0.1, 0.15) is 11.1 Å². The van der Waals surface area contributed by atoms with Gasteiger partial charge in [0.15, 0.2) is 0 Å². The van der Waals surface area contributed by atoms with Gasteiger partial charge in [0.2, 0.25) is 0 Å². The van der Waals surface area contributed by atoms with Crippen molar-refractivity contribution < 1.29 is 10.2 Å². The maximum absolute atomic E-state index is 9.67. The maximum atomic E-state index is 9.67. The summed E-state index contributed by atoms with van der Waals surface area (Å²) in [5.41, 5.74) is 1.31. The van der Waals surface area contributed by atoms with Gasteiger partial charge in [-0.1, -0.05) is 31.9 Å². The van der Waals surface area contributed by atoms with Gasteiger partial charge in [-0.15, -0.1) is 0 Å². The average Bonchev–Trinajstić information content (AvgIpc) is 2.49. The van der Waals surface area contributed by atoms with Crippen LogP contribution < -0.4 is 0 Å². The second kappa shape index (κ2) is 8.10. The highest BCUT2D eigenvalue weighted by Crippen LogP contribution is 2.20. The number of phenols is 2. The number of hydrogen-bond acceptors (Lipinski definition) is 4. The Bertz CT molecular complexity index is 654. The van der Waals surface area contributed by atoms with Crippen molar-refractivity contribution in [2.24, 2.45) is 9.98 Å². The summed E-state index contributed by atoms with van der Waals surface area (Å²) in [5.74, 6) is 0.379. The van der Waals surface area contributed by atoms with Crippen LogP contribution in [0.15, 0.2) is 55.3 Å². The Labute approximate surface area is 145 Å². The Morgan fingerprint density at radius 3 is 1.59 bits per heavy atom. The lowest BCUT2D eigenvalue weighted by Crippen LogP contribution is -1.91. The third-order valence-electron chi connectivity index (χ3n) is 2.80. The molecular weight excluding hydrogens is 412 g/mol. The number of aromatic hydroxyl groups is 2. The van der Waals surface area contributed by atoms with E-state index in [9.17, 15) is 10.2 Å². The van der Waals surface area contributed by atoms with Crippen LogP contribution in [0.25, 0.3) is 0 Å². The van der Waals surface area contributed by atoms with E-state index in [0.29, 0.717) is 24.2 Å². The van der Waals surface area contributed by atoms with Crippen molar-refractivity contribution in [3.63, 3.8) is 0 Å². The molecule has 0 fully saturated rings. The second-order valence-electron chi connectivity index (χ2n) is 4.48. The van der Waals surface area contributed by atoms with E-state index in [4.69, 9.17) is 0 Å². The third kappa shape index (κ3) is 4.96. The van der Waals surface area contributed by atoms with Crippen LogP contribution >= 0.6 is 31.9 Å². The highest BCUT2D eigenvalue weighted by atomic mass is 79.9. The lowest BCUT2D eigenvalue weighted by molar-refractivity contribution is 0.474. The molecule has 6 heteroatoms. The van der Waals surface area contributed by atoms with Gasteiger partial charge in [-0.2, -0.15) is 0 Å². The molecule has 2 rings (SSSR count). The zero-order valence-electron chi connectivity index (χ0n) is 11.6.